The van der Waals surface area contributed by atoms with Crippen LogP contribution < -0.4 is 11.1 Å². The fourth-order valence-corrected chi connectivity index (χ4v) is 2.52. The molecule has 0 radical (unpaired) electrons. The fourth-order valence-electron chi connectivity index (χ4n) is 2.52. The van der Waals surface area contributed by atoms with Crippen molar-refractivity contribution in [1.29, 1.82) is 0 Å². The standard InChI is InChI=1S/C16H25N3O2/c17-8-11-21-15-6-9-19(10-7-15)13-16(20)18-12-14-4-2-1-3-5-14/h1-5,15H,6-13,17H2,(H,18,20). The lowest BCUT2D eigenvalue weighted by Crippen LogP contribution is -2.43. The van der Waals surface area contributed by atoms with Crippen molar-refractivity contribution in [3.05, 3.63) is 35.9 Å². The summed E-state index contributed by atoms with van der Waals surface area (Å²) in [5.41, 5.74) is 6.56. The van der Waals surface area contributed by atoms with Gasteiger partial charge in [-0.05, 0) is 18.4 Å². The number of piperidine rings is 1. The number of hydrogen-bond donors (Lipinski definition) is 2. The highest BCUT2D eigenvalue weighted by molar-refractivity contribution is 5.78. The minimum atomic E-state index is 0.0835. The summed E-state index contributed by atoms with van der Waals surface area (Å²) in [6.45, 7) is 4.08. The van der Waals surface area contributed by atoms with E-state index in [0.717, 1.165) is 31.5 Å². The summed E-state index contributed by atoms with van der Waals surface area (Å²) in [6.07, 6.45) is 2.26. The number of hydrogen-bond acceptors (Lipinski definition) is 4. The number of nitrogens with zero attached hydrogens (tertiary/aromatic N) is 1. The molecular weight excluding hydrogens is 266 g/mol. The molecule has 0 unspecified atom stereocenters. The first kappa shape index (κ1) is 15.9. The van der Waals surface area contributed by atoms with E-state index in [0.29, 0.717) is 32.3 Å². The second kappa shape index (κ2) is 8.77. The second-order valence-corrected chi connectivity index (χ2v) is 5.40. The molecule has 5 heteroatoms. The van der Waals surface area contributed by atoms with Crippen LogP contribution in [0, 0.1) is 0 Å². The van der Waals surface area contributed by atoms with Crippen molar-refractivity contribution in [1.82, 2.24) is 10.2 Å². The van der Waals surface area contributed by atoms with Crippen LogP contribution in [-0.2, 0) is 16.1 Å². The lowest BCUT2D eigenvalue weighted by molar-refractivity contribution is -0.123. The Morgan fingerprint density at radius 2 is 2.00 bits per heavy atom. The van der Waals surface area contributed by atoms with Crippen molar-refractivity contribution in [3.63, 3.8) is 0 Å². The first-order valence-electron chi connectivity index (χ1n) is 7.62. The largest absolute Gasteiger partial charge is 0.377 e. The Labute approximate surface area is 126 Å². The van der Waals surface area contributed by atoms with E-state index in [-0.39, 0.29) is 5.91 Å². The van der Waals surface area contributed by atoms with Gasteiger partial charge in [-0.15, -0.1) is 0 Å². The van der Waals surface area contributed by atoms with Gasteiger partial charge in [0.25, 0.3) is 0 Å². The van der Waals surface area contributed by atoms with Crippen molar-refractivity contribution < 1.29 is 9.53 Å². The van der Waals surface area contributed by atoms with Gasteiger partial charge >= 0.3 is 0 Å². The van der Waals surface area contributed by atoms with Crippen molar-refractivity contribution >= 4 is 5.91 Å². The highest BCUT2D eigenvalue weighted by Crippen LogP contribution is 2.13. The normalized spacial score (nSPS) is 16.8. The molecule has 1 fully saturated rings. The summed E-state index contributed by atoms with van der Waals surface area (Å²) in [7, 11) is 0. The van der Waals surface area contributed by atoms with Crippen LogP contribution in [0.2, 0.25) is 0 Å². The van der Waals surface area contributed by atoms with Gasteiger partial charge in [0.15, 0.2) is 0 Å². The number of carbonyl (C=O) groups is 1. The van der Waals surface area contributed by atoms with E-state index >= 15 is 0 Å². The quantitative estimate of drug-likeness (QED) is 0.777. The first-order valence-corrected chi connectivity index (χ1v) is 7.62. The van der Waals surface area contributed by atoms with E-state index < -0.39 is 0 Å². The summed E-state index contributed by atoms with van der Waals surface area (Å²) in [4.78, 5) is 14.1. The van der Waals surface area contributed by atoms with Gasteiger partial charge in [0.2, 0.25) is 5.91 Å². The zero-order valence-electron chi connectivity index (χ0n) is 12.5. The molecule has 1 saturated heterocycles. The molecule has 1 aromatic rings. The van der Waals surface area contributed by atoms with E-state index in [9.17, 15) is 4.79 Å². The highest BCUT2D eigenvalue weighted by atomic mass is 16.5. The number of benzene rings is 1. The Morgan fingerprint density at radius 3 is 2.67 bits per heavy atom. The fraction of sp³-hybridized carbons (Fsp3) is 0.562. The number of likely N-dealkylation sites (tertiary alicyclic amines) is 1. The molecule has 1 aliphatic rings. The topological polar surface area (TPSA) is 67.6 Å². The smallest absolute Gasteiger partial charge is 0.234 e. The van der Waals surface area contributed by atoms with Gasteiger partial charge in [0.05, 0.1) is 19.3 Å². The molecule has 1 aromatic carbocycles. The number of amides is 1. The van der Waals surface area contributed by atoms with Crippen molar-refractivity contribution in [3.8, 4) is 0 Å². The maximum absolute atomic E-state index is 11.9. The van der Waals surface area contributed by atoms with Crippen LogP contribution in [0.3, 0.4) is 0 Å². The Kier molecular flexibility index (Phi) is 6.66. The molecule has 3 N–H and O–H groups in total. The molecule has 1 aliphatic heterocycles. The number of carbonyl (C=O) groups excluding carboxylic acids is 1. The van der Waals surface area contributed by atoms with Gasteiger partial charge in [-0.25, -0.2) is 0 Å². The van der Waals surface area contributed by atoms with E-state index in [1.54, 1.807) is 0 Å². The third-order valence-electron chi connectivity index (χ3n) is 3.71. The third kappa shape index (κ3) is 5.83. The minimum Gasteiger partial charge on any atom is -0.377 e. The Hall–Kier alpha value is -1.43. The molecule has 0 aromatic heterocycles. The summed E-state index contributed by atoms with van der Waals surface area (Å²) in [5.74, 6) is 0.0835. The molecule has 0 spiro atoms. The highest BCUT2D eigenvalue weighted by Gasteiger charge is 2.20. The Morgan fingerprint density at radius 1 is 1.29 bits per heavy atom. The lowest BCUT2D eigenvalue weighted by atomic mass is 10.1. The van der Waals surface area contributed by atoms with Gasteiger partial charge in [0.1, 0.15) is 0 Å². The Bertz CT molecular complexity index is 417. The summed E-state index contributed by atoms with van der Waals surface area (Å²) < 4.78 is 5.64. The molecule has 21 heavy (non-hydrogen) atoms. The molecule has 0 aliphatic carbocycles. The maximum Gasteiger partial charge on any atom is 0.234 e. The third-order valence-corrected chi connectivity index (χ3v) is 3.71. The van der Waals surface area contributed by atoms with Gasteiger partial charge < -0.3 is 15.8 Å². The summed E-state index contributed by atoms with van der Waals surface area (Å²) >= 11 is 0. The van der Waals surface area contributed by atoms with Gasteiger partial charge in [-0.1, -0.05) is 30.3 Å². The molecule has 116 valence electrons. The maximum atomic E-state index is 11.9. The molecule has 5 nitrogen and oxygen atoms in total. The zero-order chi connectivity index (χ0) is 14.9. The van der Waals surface area contributed by atoms with Crippen LogP contribution >= 0.6 is 0 Å². The molecular formula is C16H25N3O2. The van der Waals surface area contributed by atoms with Gasteiger partial charge in [0, 0.05) is 26.2 Å². The van der Waals surface area contributed by atoms with Crippen LogP contribution in [0.25, 0.3) is 0 Å². The lowest BCUT2D eigenvalue weighted by Gasteiger charge is -2.31. The predicted octanol–water partition coefficient (Wildman–Crippen LogP) is 0.743. The van der Waals surface area contributed by atoms with Gasteiger partial charge in [-0.3, -0.25) is 9.69 Å². The van der Waals surface area contributed by atoms with Crippen molar-refractivity contribution in [2.75, 3.05) is 32.8 Å². The monoisotopic (exact) mass is 291 g/mol. The molecule has 0 saturated carbocycles. The predicted molar refractivity (Wildman–Crippen MR) is 82.8 cm³/mol. The van der Waals surface area contributed by atoms with Crippen LogP contribution in [0.15, 0.2) is 30.3 Å². The van der Waals surface area contributed by atoms with Crippen LogP contribution in [0.5, 0.6) is 0 Å². The van der Waals surface area contributed by atoms with Gasteiger partial charge in [-0.2, -0.15) is 0 Å². The molecule has 0 bridgehead atoms. The molecule has 2 rings (SSSR count). The van der Waals surface area contributed by atoms with Crippen LogP contribution in [-0.4, -0.2) is 49.7 Å². The summed E-state index contributed by atoms with van der Waals surface area (Å²) in [5, 5.41) is 2.96. The number of nitrogens with one attached hydrogen (secondary N) is 1. The second-order valence-electron chi connectivity index (χ2n) is 5.40. The SMILES string of the molecule is NCCOC1CCN(CC(=O)NCc2ccccc2)CC1. The zero-order valence-corrected chi connectivity index (χ0v) is 12.5. The van der Waals surface area contributed by atoms with E-state index in [1.807, 2.05) is 30.3 Å². The van der Waals surface area contributed by atoms with E-state index in [4.69, 9.17) is 10.5 Å². The van der Waals surface area contributed by atoms with Crippen LogP contribution in [0.1, 0.15) is 18.4 Å². The first-order chi connectivity index (χ1) is 10.3. The minimum absolute atomic E-state index is 0.0835. The summed E-state index contributed by atoms with van der Waals surface area (Å²) in [6, 6.07) is 9.96. The van der Waals surface area contributed by atoms with Crippen LogP contribution in [0.4, 0.5) is 0 Å². The molecule has 1 amide bonds. The van der Waals surface area contributed by atoms with E-state index in [1.165, 1.54) is 0 Å². The average molecular weight is 291 g/mol. The van der Waals surface area contributed by atoms with Crippen molar-refractivity contribution in [2.45, 2.75) is 25.5 Å². The number of rotatable bonds is 7. The molecule has 0 atom stereocenters. The number of ether oxygens (including phenoxy) is 1. The number of nitrogens with two attached hydrogens (primary N) is 1. The molecule has 1 heterocycles. The van der Waals surface area contributed by atoms with E-state index in [2.05, 4.69) is 10.2 Å². The Balaban J connectivity index is 1.63. The average Bonchev–Trinajstić information content (AvgIpc) is 2.53. The van der Waals surface area contributed by atoms with Crippen molar-refractivity contribution in [2.24, 2.45) is 5.73 Å².